The third kappa shape index (κ3) is 3.84. The highest BCUT2D eigenvalue weighted by molar-refractivity contribution is 6.32. The van der Waals surface area contributed by atoms with Crippen molar-refractivity contribution in [2.24, 2.45) is 0 Å². The van der Waals surface area contributed by atoms with Crippen LogP contribution >= 0.6 is 11.6 Å². The molecule has 1 aliphatic carbocycles. The van der Waals surface area contributed by atoms with Crippen molar-refractivity contribution in [2.75, 3.05) is 19.6 Å². The third-order valence-corrected chi connectivity index (χ3v) is 5.60. The summed E-state index contributed by atoms with van der Waals surface area (Å²) < 4.78 is 0. The minimum absolute atomic E-state index is 0.0502. The van der Waals surface area contributed by atoms with Crippen molar-refractivity contribution in [1.29, 1.82) is 0 Å². The highest BCUT2D eigenvalue weighted by Gasteiger charge is 2.37. The first-order valence-electron chi connectivity index (χ1n) is 9.24. The number of benzene rings is 2. The molecule has 2 aromatic carbocycles. The molecule has 26 heavy (non-hydrogen) atoms. The Kier molecular flexibility index (Phi) is 5.09. The summed E-state index contributed by atoms with van der Waals surface area (Å²) in [7, 11) is 0. The van der Waals surface area contributed by atoms with Gasteiger partial charge in [0.2, 0.25) is 5.91 Å². The fraction of sp³-hybridized carbons (Fsp3) is 0.318. The number of carbonyl (C=O) groups excluding carboxylic acids is 1. The van der Waals surface area contributed by atoms with Crippen LogP contribution in [0.2, 0.25) is 5.02 Å². The second-order valence-corrected chi connectivity index (χ2v) is 7.45. The van der Waals surface area contributed by atoms with Crippen LogP contribution in [0.15, 0.2) is 60.7 Å². The molecule has 0 radical (unpaired) electrons. The van der Waals surface area contributed by atoms with Crippen molar-refractivity contribution in [3.63, 3.8) is 0 Å². The van der Waals surface area contributed by atoms with E-state index in [-0.39, 0.29) is 11.9 Å². The van der Waals surface area contributed by atoms with Gasteiger partial charge in [0.1, 0.15) is 0 Å². The highest BCUT2D eigenvalue weighted by Crippen LogP contribution is 2.33. The van der Waals surface area contributed by atoms with Crippen molar-refractivity contribution in [3.05, 3.63) is 76.8 Å². The Balaban J connectivity index is 1.54. The van der Waals surface area contributed by atoms with E-state index in [2.05, 4.69) is 17.0 Å². The maximum absolute atomic E-state index is 12.9. The summed E-state index contributed by atoms with van der Waals surface area (Å²) in [6.45, 7) is 2.64. The molecule has 3 nitrogen and oxygen atoms in total. The van der Waals surface area contributed by atoms with E-state index in [9.17, 15) is 4.79 Å². The summed E-state index contributed by atoms with van der Waals surface area (Å²) >= 11 is 6.20. The number of rotatable bonds is 4. The van der Waals surface area contributed by atoms with Gasteiger partial charge in [-0.15, -0.1) is 0 Å². The van der Waals surface area contributed by atoms with Crippen LogP contribution in [0.4, 0.5) is 0 Å². The van der Waals surface area contributed by atoms with E-state index in [1.165, 1.54) is 18.4 Å². The fourth-order valence-electron chi connectivity index (χ4n) is 3.67. The van der Waals surface area contributed by atoms with Crippen molar-refractivity contribution in [1.82, 2.24) is 9.80 Å². The van der Waals surface area contributed by atoms with Crippen molar-refractivity contribution < 1.29 is 4.79 Å². The maximum Gasteiger partial charge on any atom is 0.247 e. The van der Waals surface area contributed by atoms with Gasteiger partial charge in [0.25, 0.3) is 0 Å². The van der Waals surface area contributed by atoms with Crippen LogP contribution in [0.1, 0.15) is 30.0 Å². The number of carbonyl (C=O) groups is 1. The summed E-state index contributed by atoms with van der Waals surface area (Å²) in [6, 6.07) is 18.8. The molecule has 2 aromatic rings. The smallest absolute Gasteiger partial charge is 0.247 e. The van der Waals surface area contributed by atoms with Crippen LogP contribution < -0.4 is 0 Å². The van der Waals surface area contributed by atoms with E-state index in [4.69, 9.17) is 11.6 Å². The standard InChI is InChI=1S/C22H23ClN2O/c23-20-9-5-4-6-17(20)10-13-22(26)25-15-14-24(19-11-12-19)16-21(25)18-7-2-1-3-8-18/h1-10,13,19,21H,11-12,14-16H2/b13-10+. The highest BCUT2D eigenvalue weighted by atomic mass is 35.5. The Bertz CT molecular complexity index is 801. The van der Waals surface area contributed by atoms with E-state index in [1.807, 2.05) is 53.4 Å². The Morgan fingerprint density at radius 1 is 1.00 bits per heavy atom. The number of halogens is 1. The number of nitrogens with zero attached hydrogens (tertiary/aromatic N) is 2. The van der Waals surface area contributed by atoms with E-state index in [0.29, 0.717) is 5.02 Å². The molecule has 1 saturated heterocycles. The molecule has 0 spiro atoms. The van der Waals surface area contributed by atoms with Gasteiger partial charge in [-0.25, -0.2) is 0 Å². The molecule has 0 N–H and O–H groups in total. The van der Waals surface area contributed by atoms with Crippen LogP contribution in [0.3, 0.4) is 0 Å². The minimum atomic E-state index is 0.0502. The summed E-state index contributed by atoms with van der Waals surface area (Å²) in [5.74, 6) is 0.0502. The second kappa shape index (κ2) is 7.65. The molecule has 1 heterocycles. The summed E-state index contributed by atoms with van der Waals surface area (Å²) in [4.78, 5) is 17.5. The molecular weight excluding hydrogens is 344 g/mol. The van der Waals surface area contributed by atoms with Gasteiger partial charge in [-0.1, -0.05) is 60.1 Å². The summed E-state index contributed by atoms with van der Waals surface area (Å²) in [6.07, 6.45) is 6.06. The second-order valence-electron chi connectivity index (χ2n) is 7.04. The Morgan fingerprint density at radius 2 is 1.73 bits per heavy atom. The monoisotopic (exact) mass is 366 g/mol. The van der Waals surface area contributed by atoms with Gasteiger partial charge in [-0.3, -0.25) is 9.69 Å². The fourth-order valence-corrected chi connectivity index (χ4v) is 3.87. The number of hydrogen-bond donors (Lipinski definition) is 0. The molecule has 1 unspecified atom stereocenters. The molecule has 4 rings (SSSR count). The van der Waals surface area contributed by atoms with Crippen molar-refractivity contribution in [2.45, 2.75) is 24.9 Å². The van der Waals surface area contributed by atoms with Crippen molar-refractivity contribution >= 4 is 23.6 Å². The lowest BCUT2D eigenvalue weighted by Crippen LogP contribution is -2.50. The number of piperazine rings is 1. The van der Waals surface area contributed by atoms with Gasteiger partial charge in [0, 0.05) is 36.8 Å². The summed E-state index contributed by atoms with van der Waals surface area (Å²) in [5, 5.41) is 0.662. The topological polar surface area (TPSA) is 23.6 Å². The van der Waals surface area contributed by atoms with Crippen LogP contribution in [0.5, 0.6) is 0 Å². The quantitative estimate of drug-likeness (QED) is 0.749. The molecule has 1 amide bonds. The van der Waals surface area contributed by atoms with Crippen LogP contribution in [0, 0.1) is 0 Å². The molecule has 4 heteroatoms. The molecule has 2 aliphatic rings. The summed E-state index contributed by atoms with van der Waals surface area (Å²) in [5.41, 5.74) is 2.08. The van der Waals surface area contributed by atoms with Crippen molar-refractivity contribution in [3.8, 4) is 0 Å². The van der Waals surface area contributed by atoms with Gasteiger partial charge in [-0.2, -0.15) is 0 Å². The average molecular weight is 367 g/mol. The zero-order chi connectivity index (χ0) is 17.9. The average Bonchev–Trinajstić information content (AvgIpc) is 3.53. The minimum Gasteiger partial charge on any atom is -0.330 e. The van der Waals surface area contributed by atoms with Gasteiger partial charge >= 0.3 is 0 Å². The predicted molar refractivity (Wildman–Crippen MR) is 106 cm³/mol. The third-order valence-electron chi connectivity index (χ3n) is 5.25. The lowest BCUT2D eigenvalue weighted by Gasteiger charge is -2.41. The molecule has 0 bridgehead atoms. The Hall–Kier alpha value is -2.10. The number of hydrogen-bond acceptors (Lipinski definition) is 2. The van der Waals surface area contributed by atoms with Crippen LogP contribution in [-0.4, -0.2) is 41.4 Å². The number of amides is 1. The van der Waals surface area contributed by atoms with E-state index in [1.54, 1.807) is 6.08 Å². The molecule has 1 saturated carbocycles. The molecular formula is C22H23ClN2O. The van der Waals surface area contributed by atoms with Crippen LogP contribution in [0.25, 0.3) is 6.08 Å². The first-order chi connectivity index (χ1) is 12.7. The van der Waals surface area contributed by atoms with E-state index in [0.717, 1.165) is 31.2 Å². The molecule has 1 atom stereocenters. The van der Waals surface area contributed by atoms with Crippen LogP contribution in [-0.2, 0) is 4.79 Å². The molecule has 134 valence electrons. The van der Waals surface area contributed by atoms with Gasteiger partial charge < -0.3 is 4.90 Å². The Labute approximate surface area is 159 Å². The lowest BCUT2D eigenvalue weighted by atomic mass is 10.0. The largest absolute Gasteiger partial charge is 0.330 e. The normalized spacial score (nSPS) is 21.3. The van der Waals surface area contributed by atoms with Gasteiger partial charge in [-0.05, 0) is 36.1 Å². The van der Waals surface area contributed by atoms with Gasteiger partial charge in [0.15, 0.2) is 0 Å². The van der Waals surface area contributed by atoms with E-state index < -0.39 is 0 Å². The molecule has 0 aromatic heterocycles. The first-order valence-corrected chi connectivity index (χ1v) is 9.62. The first kappa shape index (κ1) is 17.3. The SMILES string of the molecule is O=C(/C=C/c1ccccc1Cl)N1CCN(C2CC2)CC1c1ccccc1. The maximum atomic E-state index is 12.9. The predicted octanol–water partition coefficient (Wildman–Crippen LogP) is 4.40. The Morgan fingerprint density at radius 3 is 2.46 bits per heavy atom. The van der Waals surface area contributed by atoms with Gasteiger partial charge in [0.05, 0.1) is 6.04 Å². The molecule has 1 aliphatic heterocycles. The molecule has 2 fully saturated rings. The zero-order valence-electron chi connectivity index (χ0n) is 14.7. The zero-order valence-corrected chi connectivity index (χ0v) is 15.5. The van der Waals surface area contributed by atoms with E-state index >= 15 is 0 Å². The lowest BCUT2D eigenvalue weighted by molar-refractivity contribution is -0.131.